The van der Waals surface area contributed by atoms with Gasteiger partial charge in [0.05, 0.1) is 6.42 Å². The van der Waals surface area contributed by atoms with Crippen molar-refractivity contribution in [3.05, 3.63) is 48.0 Å². The van der Waals surface area contributed by atoms with Gasteiger partial charge >= 0.3 is 0 Å². The summed E-state index contributed by atoms with van der Waals surface area (Å²) < 4.78 is 0. The number of nitrogens with zero attached hydrogens (tertiary/aromatic N) is 1. The van der Waals surface area contributed by atoms with Gasteiger partial charge in [-0.1, -0.05) is 42.5 Å². The fourth-order valence-electron chi connectivity index (χ4n) is 5.12. The molecule has 0 spiro atoms. The van der Waals surface area contributed by atoms with Gasteiger partial charge in [0.2, 0.25) is 5.91 Å². The van der Waals surface area contributed by atoms with Crippen molar-refractivity contribution < 1.29 is 4.79 Å². The van der Waals surface area contributed by atoms with E-state index in [-0.39, 0.29) is 18.3 Å². The number of halogens is 1. The number of hydrogen-bond acceptors (Lipinski definition) is 4. The van der Waals surface area contributed by atoms with E-state index in [2.05, 4.69) is 63.3 Å². The highest BCUT2D eigenvalue weighted by Crippen LogP contribution is 2.21. The van der Waals surface area contributed by atoms with Crippen molar-refractivity contribution in [3.63, 3.8) is 0 Å². The molecule has 2 aliphatic heterocycles. The van der Waals surface area contributed by atoms with Crippen LogP contribution in [0, 0.1) is 5.92 Å². The van der Waals surface area contributed by atoms with Crippen molar-refractivity contribution in [2.45, 2.75) is 51.0 Å². The molecule has 2 aromatic rings. The summed E-state index contributed by atoms with van der Waals surface area (Å²) in [4.78, 5) is 15.0. The molecule has 5 nitrogen and oxygen atoms in total. The number of piperidine rings is 1. The summed E-state index contributed by atoms with van der Waals surface area (Å²) in [5.74, 6) is 0.969. The number of amides is 1. The minimum Gasteiger partial charge on any atom is -0.342 e. The van der Waals surface area contributed by atoms with Crippen LogP contribution in [-0.2, 0) is 11.2 Å². The quantitative estimate of drug-likeness (QED) is 0.436. The first-order valence-corrected chi connectivity index (χ1v) is 12.7. The molecule has 3 N–H and O–H groups in total. The third-order valence-corrected chi connectivity index (χ3v) is 7.13. The first kappa shape index (κ1) is 26.0. The molecule has 2 aromatic carbocycles. The Morgan fingerprint density at radius 1 is 0.939 bits per heavy atom. The molecule has 1 atom stereocenters. The van der Waals surface area contributed by atoms with Crippen LogP contribution < -0.4 is 16.0 Å². The van der Waals surface area contributed by atoms with Gasteiger partial charge in [-0.3, -0.25) is 4.79 Å². The van der Waals surface area contributed by atoms with Gasteiger partial charge < -0.3 is 20.9 Å². The molecule has 4 rings (SSSR count). The number of fused-ring (bicyclic) bond motifs is 1. The van der Waals surface area contributed by atoms with Gasteiger partial charge in [0.1, 0.15) is 0 Å². The summed E-state index contributed by atoms with van der Waals surface area (Å²) in [6.07, 6.45) is 7.85. The van der Waals surface area contributed by atoms with Gasteiger partial charge in [-0.05, 0) is 87.0 Å². The molecule has 0 unspecified atom stereocenters. The molecule has 2 fully saturated rings. The number of hydrogen-bond donors (Lipinski definition) is 3. The summed E-state index contributed by atoms with van der Waals surface area (Å²) in [5.41, 5.74) is 1.14. The van der Waals surface area contributed by atoms with Crippen LogP contribution in [0.15, 0.2) is 42.5 Å². The molecule has 0 bridgehead atoms. The second-order valence-corrected chi connectivity index (χ2v) is 9.55. The average Bonchev–Trinajstić information content (AvgIpc) is 3.35. The van der Waals surface area contributed by atoms with Gasteiger partial charge in [-0.15, -0.1) is 12.4 Å². The number of carbonyl (C=O) groups is 1. The lowest BCUT2D eigenvalue weighted by atomic mass is 9.95. The molecule has 0 aromatic heterocycles. The van der Waals surface area contributed by atoms with Crippen molar-refractivity contribution in [2.75, 3.05) is 45.8 Å². The molecule has 2 saturated heterocycles. The molecule has 1 amide bonds. The maximum absolute atomic E-state index is 12.9. The summed E-state index contributed by atoms with van der Waals surface area (Å²) in [6.45, 7) is 7.41. The fraction of sp³-hybridized carbons (Fsp3) is 0.593. The maximum atomic E-state index is 12.9. The highest BCUT2D eigenvalue weighted by molar-refractivity contribution is 5.90. The zero-order valence-electron chi connectivity index (χ0n) is 19.9. The standard InChI is InChI=1S/C27H40N4O.ClH/c32-27(19-24-9-5-8-23-7-1-2-11-26(23)24)31-17-12-22(13-18-31)20-28-14-3-4-15-29-21-25-10-6-16-30-25;/h1-2,5,7-9,11,22,25,28-30H,3-4,6,10,12-21H2;1H/t25-;/m0./s1. The van der Waals surface area contributed by atoms with Crippen molar-refractivity contribution >= 4 is 29.1 Å². The Morgan fingerprint density at radius 3 is 2.42 bits per heavy atom. The summed E-state index contributed by atoms with van der Waals surface area (Å²) in [6, 6.07) is 15.3. The molecule has 2 heterocycles. The normalized spacial score (nSPS) is 19.0. The first-order valence-electron chi connectivity index (χ1n) is 12.7. The van der Waals surface area contributed by atoms with Crippen LogP contribution in [0.3, 0.4) is 0 Å². The number of likely N-dealkylation sites (tertiary alicyclic amines) is 1. The van der Waals surface area contributed by atoms with E-state index >= 15 is 0 Å². The number of rotatable bonds is 11. The molecule has 0 aliphatic carbocycles. The van der Waals surface area contributed by atoms with Crippen LogP contribution in [-0.4, -0.2) is 62.7 Å². The van der Waals surface area contributed by atoms with Gasteiger partial charge in [-0.25, -0.2) is 0 Å². The lowest BCUT2D eigenvalue weighted by Crippen LogP contribution is -2.41. The van der Waals surface area contributed by atoms with Crippen LogP contribution in [0.4, 0.5) is 0 Å². The summed E-state index contributed by atoms with van der Waals surface area (Å²) in [7, 11) is 0. The summed E-state index contributed by atoms with van der Waals surface area (Å²) in [5, 5.41) is 13.2. The molecule has 6 heteroatoms. The van der Waals surface area contributed by atoms with Crippen LogP contribution in [0.25, 0.3) is 10.8 Å². The van der Waals surface area contributed by atoms with E-state index in [1.807, 2.05) is 0 Å². The lowest BCUT2D eigenvalue weighted by molar-refractivity contribution is -0.131. The van der Waals surface area contributed by atoms with Crippen LogP contribution in [0.1, 0.15) is 44.1 Å². The summed E-state index contributed by atoms with van der Waals surface area (Å²) >= 11 is 0. The third kappa shape index (κ3) is 7.96. The van der Waals surface area contributed by atoms with Crippen LogP contribution >= 0.6 is 12.4 Å². The number of unbranched alkanes of at least 4 members (excludes halogenated alkanes) is 1. The molecule has 182 valence electrons. The van der Waals surface area contributed by atoms with E-state index in [1.54, 1.807) is 0 Å². The molecule has 0 saturated carbocycles. The predicted octanol–water partition coefficient (Wildman–Crippen LogP) is 3.75. The Labute approximate surface area is 205 Å². The minimum absolute atomic E-state index is 0. The molecular weight excluding hydrogens is 432 g/mol. The number of carbonyl (C=O) groups excluding carboxylic acids is 1. The highest BCUT2D eigenvalue weighted by Gasteiger charge is 2.23. The van der Waals surface area contributed by atoms with Gasteiger partial charge in [0.25, 0.3) is 0 Å². The average molecular weight is 473 g/mol. The van der Waals surface area contributed by atoms with Gasteiger partial charge in [-0.2, -0.15) is 0 Å². The Morgan fingerprint density at radius 2 is 1.67 bits per heavy atom. The van der Waals surface area contributed by atoms with Crippen LogP contribution in [0.5, 0.6) is 0 Å². The highest BCUT2D eigenvalue weighted by atomic mass is 35.5. The Bertz CT molecular complexity index is 842. The predicted molar refractivity (Wildman–Crippen MR) is 140 cm³/mol. The molecule has 33 heavy (non-hydrogen) atoms. The topological polar surface area (TPSA) is 56.4 Å². The van der Waals surface area contributed by atoms with Crippen LogP contribution in [0.2, 0.25) is 0 Å². The van der Waals surface area contributed by atoms with E-state index in [0.717, 1.165) is 57.7 Å². The SMILES string of the molecule is Cl.O=C(Cc1cccc2ccccc12)N1CCC(CNCCCCNC[C@@H]2CCCN2)CC1. The van der Waals surface area contributed by atoms with Gasteiger partial charge in [0.15, 0.2) is 0 Å². The number of benzene rings is 2. The Kier molecular flexibility index (Phi) is 10.9. The molecule has 2 aliphatic rings. The second-order valence-electron chi connectivity index (χ2n) is 9.55. The molecular formula is C27H41ClN4O. The second kappa shape index (κ2) is 13.9. The van der Waals surface area contributed by atoms with Gasteiger partial charge in [0, 0.05) is 25.7 Å². The first-order chi connectivity index (χ1) is 15.8. The fourth-order valence-corrected chi connectivity index (χ4v) is 5.12. The minimum atomic E-state index is 0. The smallest absolute Gasteiger partial charge is 0.227 e. The maximum Gasteiger partial charge on any atom is 0.227 e. The van der Waals surface area contributed by atoms with E-state index < -0.39 is 0 Å². The number of nitrogens with one attached hydrogen (secondary N) is 3. The van der Waals surface area contributed by atoms with Crippen molar-refractivity contribution in [3.8, 4) is 0 Å². The third-order valence-electron chi connectivity index (χ3n) is 7.13. The van der Waals surface area contributed by atoms with Crippen molar-refractivity contribution in [1.82, 2.24) is 20.9 Å². The van der Waals surface area contributed by atoms with E-state index in [1.165, 1.54) is 43.0 Å². The largest absolute Gasteiger partial charge is 0.342 e. The zero-order valence-corrected chi connectivity index (χ0v) is 20.7. The monoisotopic (exact) mass is 472 g/mol. The van der Waals surface area contributed by atoms with Crippen molar-refractivity contribution in [1.29, 1.82) is 0 Å². The van der Waals surface area contributed by atoms with Crippen molar-refractivity contribution in [2.24, 2.45) is 5.92 Å². The Balaban J connectivity index is 0.00000306. The molecule has 0 radical (unpaired) electrons. The van der Waals surface area contributed by atoms with E-state index in [4.69, 9.17) is 0 Å². The Hall–Kier alpha value is -1.66. The zero-order chi connectivity index (χ0) is 22.0. The van der Waals surface area contributed by atoms with E-state index in [9.17, 15) is 4.79 Å². The lowest BCUT2D eigenvalue weighted by Gasteiger charge is -2.32. The van der Waals surface area contributed by atoms with E-state index in [0.29, 0.717) is 18.4 Å².